The molecule has 1 aromatic carbocycles. The van der Waals surface area contributed by atoms with Crippen LogP contribution in [0.5, 0.6) is 0 Å². The number of anilines is 1. The lowest BCUT2D eigenvalue weighted by atomic mass is 10.2. The molecule has 1 amide bonds. The van der Waals surface area contributed by atoms with E-state index in [0.29, 0.717) is 25.7 Å². The van der Waals surface area contributed by atoms with Crippen LogP contribution in [-0.2, 0) is 14.3 Å². The minimum atomic E-state index is -0.308. The first-order chi connectivity index (χ1) is 10.1. The SMILES string of the molecule is CC(C)NCCCC(=O)Nc1cccc(C2OCCO2)c1. The monoisotopic (exact) mass is 292 g/mol. The van der Waals surface area contributed by atoms with E-state index < -0.39 is 0 Å². The summed E-state index contributed by atoms with van der Waals surface area (Å²) in [6, 6.07) is 8.08. The highest BCUT2D eigenvalue weighted by Gasteiger charge is 2.18. The molecule has 0 atom stereocenters. The zero-order valence-electron chi connectivity index (χ0n) is 12.7. The average molecular weight is 292 g/mol. The van der Waals surface area contributed by atoms with Crippen molar-refractivity contribution >= 4 is 11.6 Å². The topological polar surface area (TPSA) is 59.6 Å². The highest BCUT2D eigenvalue weighted by molar-refractivity contribution is 5.90. The molecular formula is C16H24N2O3. The van der Waals surface area contributed by atoms with Gasteiger partial charge in [-0.05, 0) is 25.1 Å². The van der Waals surface area contributed by atoms with Crippen LogP contribution in [0, 0.1) is 0 Å². The Bertz CT molecular complexity index is 457. The van der Waals surface area contributed by atoms with Crippen LogP contribution in [0.1, 0.15) is 38.5 Å². The van der Waals surface area contributed by atoms with Gasteiger partial charge in [0.15, 0.2) is 6.29 Å². The number of rotatable bonds is 7. The van der Waals surface area contributed by atoms with Crippen LogP contribution in [0.2, 0.25) is 0 Å². The minimum Gasteiger partial charge on any atom is -0.346 e. The first-order valence-electron chi connectivity index (χ1n) is 7.51. The van der Waals surface area contributed by atoms with Gasteiger partial charge >= 0.3 is 0 Å². The number of carbonyl (C=O) groups is 1. The molecule has 1 fully saturated rings. The third-order valence-corrected chi connectivity index (χ3v) is 3.20. The van der Waals surface area contributed by atoms with E-state index in [-0.39, 0.29) is 12.2 Å². The van der Waals surface area contributed by atoms with Gasteiger partial charge in [0.1, 0.15) is 0 Å². The maximum absolute atomic E-state index is 11.9. The van der Waals surface area contributed by atoms with Gasteiger partial charge in [0.25, 0.3) is 0 Å². The predicted molar refractivity (Wildman–Crippen MR) is 82.1 cm³/mol. The van der Waals surface area contributed by atoms with Crippen molar-refractivity contribution in [1.29, 1.82) is 0 Å². The summed E-state index contributed by atoms with van der Waals surface area (Å²) in [6.07, 6.45) is 1.04. The number of benzene rings is 1. The first-order valence-corrected chi connectivity index (χ1v) is 7.51. The smallest absolute Gasteiger partial charge is 0.224 e. The van der Waals surface area contributed by atoms with Crippen LogP contribution in [-0.4, -0.2) is 31.7 Å². The van der Waals surface area contributed by atoms with E-state index in [2.05, 4.69) is 24.5 Å². The maximum atomic E-state index is 11.9. The molecule has 0 bridgehead atoms. The van der Waals surface area contributed by atoms with Crippen molar-refractivity contribution in [3.8, 4) is 0 Å². The molecule has 0 radical (unpaired) electrons. The van der Waals surface area contributed by atoms with E-state index in [0.717, 1.165) is 24.2 Å². The van der Waals surface area contributed by atoms with Gasteiger partial charge < -0.3 is 20.1 Å². The Balaban J connectivity index is 1.79. The Hall–Kier alpha value is -1.43. The third-order valence-electron chi connectivity index (χ3n) is 3.20. The molecule has 0 saturated carbocycles. The van der Waals surface area contributed by atoms with Crippen molar-refractivity contribution < 1.29 is 14.3 Å². The van der Waals surface area contributed by atoms with E-state index in [1.807, 2.05) is 24.3 Å². The van der Waals surface area contributed by atoms with E-state index >= 15 is 0 Å². The number of ether oxygens (including phenoxy) is 2. The number of carbonyl (C=O) groups excluding carboxylic acids is 1. The zero-order chi connectivity index (χ0) is 15.1. The molecular weight excluding hydrogens is 268 g/mol. The van der Waals surface area contributed by atoms with Crippen LogP contribution < -0.4 is 10.6 Å². The molecule has 1 heterocycles. The predicted octanol–water partition coefficient (Wildman–Crippen LogP) is 2.45. The molecule has 1 saturated heterocycles. The second kappa shape index (κ2) is 8.12. The standard InChI is InChI=1S/C16H24N2O3/c1-12(2)17-8-4-7-15(19)18-14-6-3-5-13(11-14)16-20-9-10-21-16/h3,5-6,11-12,16-17H,4,7-10H2,1-2H3,(H,18,19). The van der Waals surface area contributed by atoms with Crippen LogP contribution >= 0.6 is 0 Å². The average Bonchev–Trinajstić information content (AvgIpc) is 2.98. The van der Waals surface area contributed by atoms with Crippen LogP contribution in [0.25, 0.3) is 0 Å². The van der Waals surface area contributed by atoms with Crippen molar-refractivity contribution in [3.05, 3.63) is 29.8 Å². The molecule has 0 aromatic heterocycles. The summed E-state index contributed by atoms with van der Waals surface area (Å²) in [4.78, 5) is 11.9. The number of hydrogen-bond acceptors (Lipinski definition) is 4. The van der Waals surface area contributed by atoms with Gasteiger partial charge in [0.2, 0.25) is 5.91 Å². The minimum absolute atomic E-state index is 0.0333. The van der Waals surface area contributed by atoms with Gasteiger partial charge in [0.05, 0.1) is 13.2 Å². The van der Waals surface area contributed by atoms with Crippen molar-refractivity contribution in [2.24, 2.45) is 0 Å². The fourth-order valence-electron chi connectivity index (χ4n) is 2.18. The second-order valence-corrected chi connectivity index (χ2v) is 5.46. The molecule has 0 unspecified atom stereocenters. The van der Waals surface area contributed by atoms with Gasteiger partial charge in [-0.25, -0.2) is 0 Å². The van der Waals surface area contributed by atoms with E-state index in [1.54, 1.807) is 0 Å². The fourth-order valence-corrected chi connectivity index (χ4v) is 2.18. The second-order valence-electron chi connectivity index (χ2n) is 5.46. The number of nitrogens with one attached hydrogen (secondary N) is 2. The Morgan fingerprint density at radius 2 is 2.10 bits per heavy atom. The van der Waals surface area contributed by atoms with Crippen molar-refractivity contribution in [1.82, 2.24) is 5.32 Å². The fraction of sp³-hybridized carbons (Fsp3) is 0.562. The maximum Gasteiger partial charge on any atom is 0.224 e. The summed E-state index contributed by atoms with van der Waals surface area (Å²) >= 11 is 0. The van der Waals surface area contributed by atoms with Gasteiger partial charge in [-0.2, -0.15) is 0 Å². The summed E-state index contributed by atoms with van der Waals surface area (Å²) in [5.41, 5.74) is 1.72. The highest BCUT2D eigenvalue weighted by atomic mass is 16.7. The lowest BCUT2D eigenvalue weighted by molar-refractivity contribution is -0.116. The lowest BCUT2D eigenvalue weighted by Crippen LogP contribution is -2.24. The molecule has 1 aliphatic heterocycles. The molecule has 116 valence electrons. The number of amides is 1. The van der Waals surface area contributed by atoms with Gasteiger partial charge in [-0.15, -0.1) is 0 Å². The molecule has 2 rings (SSSR count). The lowest BCUT2D eigenvalue weighted by Gasteiger charge is -2.12. The van der Waals surface area contributed by atoms with Crippen molar-refractivity contribution in [3.63, 3.8) is 0 Å². The zero-order valence-corrected chi connectivity index (χ0v) is 12.7. The van der Waals surface area contributed by atoms with Crippen LogP contribution in [0.15, 0.2) is 24.3 Å². The molecule has 1 aromatic rings. The molecule has 1 aliphatic rings. The Kier molecular flexibility index (Phi) is 6.17. The van der Waals surface area contributed by atoms with Crippen molar-refractivity contribution in [2.75, 3.05) is 25.1 Å². The van der Waals surface area contributed by atoms with Gasteiger partial charge in [-0.1, -0.05) is 26.0 Å². The summed E-state index contributed by atoms with van der Waals surface area (Å²) in [6.45, 7) is 6.28. The number of hydrogen-bond donors (Lipinski definition) is 2. The molecule has 0 aliphatic carbocycles. The van der Waals surface area contributed by atoms with Gasteiger partial charge in [-0.3, -0.25) is 4.79 Å². The molecule has 2 N–H and O–H groups in total. The molecule has 21 heavy (non-hydrogen) atoms. The van der Waals surface area contributed by atoms with Crippen LogP contribution in [0.3, 0.4) is 0 Å². The third kappa shape index (κ3) is 5.46. The quantitative estimate of drug-likeness (QED) is 0.758. The van der Waals surface area contributed by atoms with E-state index in [9.17, 15) is 4.79 Å². The summed E-state index contributed by atoms with van der Waals surface area (Å²) in [5.74, 6) is 0.0333. The Morgan fingerprint density at radius 1 is 1.33 bits per heavy atom. The molecule has 5 nitrogen and oxygen atoms in total. The Labute approximate surface area is 126 Å². The summed E-state index contributed by atoms with van der Waals surface area (Å²) in [7, 11) is 0. The van der Waals surface area contributed by atoms with E-state index in [4.69, 9.17) is 9.47 Å². The van der Waals surface area contributed by atoms with E-state index in [1.165, 1.54) is 0 Å². The normalized spacial score (nSPS) is 15.6. The Morgan fingerprint density at radius 3 is 2.81 bits per heavy atom. The largest absolute Gasteiger partial charge is 0.346 e. The molecule has 5 heteroatoms. The highest BCUT2D eigenvalue weighted by Crippen LogP contribution is 2.25. The summed E-state index contributed by atoms with van der Waals surface area (Å²) < 4.78 is 10.9. The molecule has 0 spiro atoms. The first kappa shape index (κ1) is 15.9. The van der Waals surface area contributed by atoms with Crippen LogP contribution in [0.4, 0.5) is 5.69 Å². The van der Waals surface area contributed by atoms with Gasteiger partial charge in [0, 0.05) is 23.7 Å². The van der Waals surface area contributed by atoms with Crippen molar-refractivity contribution in [2.45, 2.75) is 39.0 Å². The summed E-state index contributed by atoms with van der Waals surface area (Å²) in [5, 5.41) is 6.21.